The summed E-state index contributed by atoms with van der Waals surface area (Å²) >= 11 is 1.56. The molecule has 0 amide bonds. The van der Waals surface area contributed by atoms with Crippen LogP contribution >= 0.6 is 11.8 Å². The van der Waals surface area contributed by atoms with E-state index in [1.807, 2.05) is 6.07 Å². The maximum atomic E-state index is 11.7. The van der Waals surface area contributed by atoms with Crippen molar-refractivity contribution >= 4 is 17.7 Å². The van der Waals surface area contributed by atoms with Crippen LogP contribution in [0.3, 0.4) is 0 Å². The zero-order chi connectivity index (χ0) is 12.7. The standard InChI is InChI=1S/C14H15NO2S/c1-17-14(16)13-11(15)10-7-6-8-4-2-3-5-9(8)12(10)18-13/h2-5,10,12H,6-7,15H2,1H3/t10-,12-/m1/s1. The second kappa shape index (κ2) is 4.35. The first-order chi connectivity index (χ1) is 8.72. The van der Waals surface area contributed by atoms with Gasteiger partial charge in [-0.05, 0) is 24.0 Å². The first-order valence-electron chi connectivity index (χ1n) is 6.04. The van der Waals surface area contributed by atoms with Gasteiger partial charge in [-0.3, -0.25) is 0 Å². The topological polar surface area (TPSA) is 52.3 Å². The van der Waals surface area contributed by atoms with Gasteiger partial charge in [0.05, 0.1) is 7.11 Å². The quantitative estimate of drug-likeness (QED) is 0.789. The van der Waals surface area contributed by atoms with Gasteiger partial charge in [-0.1, -0.05) is 24.3 Å². The van der Waals surface area contributed by atoms with Gasteiger partial charge in [0.2, 0.25) is 0 Å². The molecule has 1 aromatic carbocycles. The van der Waals surface area contributed by atoms with Crippen LogP contribution in [-0.4, -0.2) is 13.1 Å². The van der Waals surface area contributed by atoms with Gasteiger partial charge < -0.3 is 10.5 Å². The summed E-state index contributed by atoms with van der Waals surface area (Å²) in [5.41, 5.74) is 9.54. The molecule has 1 heterocycles. The van der Waals surface area contributed by atoms with Gasteiger partial charge in [0.25, 0.3) is 0 Å². The Balaban J connectivity index is 1.98. The lowest BCUT2D eigenvalue weighted by atomic mass is 9.82. The summed E-state index contributed by atoms with van der Waals surface area (Å²) < 4.78 is 4.80. The predicted octanol–water partition coefficient (Wildman–Crippen LogP) is 2.38. The molecular formula is C14H15NO2S. The number of nitrogens with two attached hydrogens (primary N) is 1. The van der Waals surface area contributed by atoms with E-state index in [4.69, 9.17) is 10.5 Å². The summed E-state index contributed by atoms with van der Waals surface area (Å²) in [6.07, 6.45) is 2.05. The number of benzene rings is 1. The van der Waals surface area contributed by atoms with Crippen LogP contribution in [0.4, 0.5) is 0 Å². The molecule has 2 aliphatic rings. The van der Waals surface area contributed by atoms with Crippen molar-refractivity contribution in [2.75, 3.05) is 7.11 Å². The van der Waals surface area contributed by atoms with Gasteiger partial charge in [0, 0.05) is 16.9 Å². The summed E-state index contributed by atoms with van der Waals surface area (Å²) in [6, 6.07) is 8.43. The molecule has 0 fully saturated rings. The first kappa shape index (κ1) is 11.7. The van der Waals surface area contributed by atoms with Crippen LogP contribution < -0.4 is 5.73 Å². The molecular weight excluding hydrogens is 246 g/mol. The molecule has 1 aromatic rings. The van der Waals surface area contributed by atoms with Crippen LogP contribution in [0.1, 0.15) is 22.8 Å². The van der Waals surface area contributed by atoms with E-state index in [2.05, 4.69) is 18.2 Å². The smallest absolute Gasteiger partial charge is 0.346 e. The third kappa shape index (κ3) is 1.63. The van der Waals surface area contributed by atoms with Crippen molar-refractivity contribution in [2.45, 2.75) is 18.1 Å². The monoisotopic (exact) mass is 261 g/mol. The van der Waals surface area contributed by atoms with Gasteiger partial charge >= 0.3 is 5.97 Å². The number of thioether (sulfide) groups is 1. The second-order valence-electron chi connectivity index (χ2n) is 4.66. The molecule has 94 valence electrons. The Morgan fingerprint density at radius 2 is 2.22 bits per heavy atom. The second-order valence-corrected chi connectivity index (χ2v) is 5.81. The summed E-state index contributed by atoms with van der Waals surface area (Å²) in [6.45, 7) is 0. The number of hydrogen-bond donors (Lipinski definition) is 1. The highest BCUT2D eigenvalue weighted by Crippen LogP contribution is 2.54. The number of ether oxygens (including phenoxy) is 1. The lowest BCUT2D eigenvalue weighted by Crippen LogP contribution is -2.20. The molecule has 0 bridgehead atoms. The van der Waals surface area contributed by atoms with E-state index in [1.165, 1.54) is 18.2 Å². The zero-order valence-corrected chi connectivity index (χ0v) is 11.0. The number of methoxy groups -OCH3 is 1. The fourth-order valence-electron chi connectivity index (χ4n) is 2.80. The molecule has 3 nitrogen and oxygen atoms in total. The van der Waals surface area contributed by atoms with Crippen LogP contribution in [0, 0.1) is 5.92 Å². The molecule has 0 unspecified atom stereocenters. The third-order valence-corrected chi connectivity index (χ3v) is 5.20. The average molecular weight is 261 g/mol. The van der Waals surface area contributed by atoms with E-state index in [-0.39, 0.29) is 17.1 Å². The molecule has 0 radical (unpaired) electrons. The highest BCUT2D eigenvalue weighted by molar-refractivity contribution is 8.04. The van der Waals surface area contributed by atoms with Crippen molar-refractivity contribution in [3.8, 4) is 0 Å². The number of fused-ring (bicyclic) bond motifs is 3. The summed E-state index contributed by atoms with van der Waals surface area (Å²) in [5.74, 6) is -0.0246. The SMILES string of the molecule is COC(=O)C1=C(N)[C@H]2CCc3ccccc3[C@H]2S1. The third-order valence-electron chi connectivity index (χ3n) is 3.73. The van der Waals surface area contributed by atoms with E-state index < -0.39 is 0 Å². The fourth-order valence-corrected chi connectivity index (χ4v) is 4.33. The molecule has 0 saturated heterocycles. The number of aryl methyl sites for hydroxylation is 1. The lowest BCUT2D eigenvalue weighted by molar-refractivity contribution is -0.135. The summed E-state index contributed by atoms with van der Waals surface area (Å²) in [7, 11) is 1.40. The van der Waals surface area contributed by atoms with Gasteiger partial charge in [0.15, 0.2) is 0 Å². The molecule has 1 aliphatic carbocycles. The zero-order valence-electron chi connectivity index (χ0n) is 10.2. The molecule has 18 heavy (non-hydrogen) atoms. The maximum Gasteiger partial charge on any atom is 0.346 e. The molecule has 3 rings (SSSR count). The van der Waals surface area contributed by atoms with Crippen molar-refractivity contribution in [1.29, 1.82) is 0 Å². The largest absolute Gasteiger partial charge is 0.465 e. The van der Waals surface area contributed by atoms with Crippen molar-refractivity contribution in [3.05, 3.63) is 46.0 Å². The number of esters is 1. The highest BCUT2D eigenvalue weighted by atomic mass is 32.2. The molecule has 0 spiro atoms. The minimum Gasteiger partial charge on any atom is -0.465 e. The summed E-state index contributed by atoms with van der Waals surface area (Å²) in [5, 5.41) is 0.282. The first-order valence-corrected chi connectivity index (χ1v) is 6.92. The van der Waals surface area contributed by atoms with Gasteiger partial charge in [-0.2, -0.15) is 0 Å². The lowest BCUT2D eigenvalue weighted by Gasteiger charge is -2.28. The Kier molecular flexibility index (Phi) is 2.82. The number of carbonyl (C=O) groups is 1. The molecule has 2 N–H and O–H groups in total. The Bertz CT molecular complexity index is 538. The molecule has 2 atom stereocenters. The van der Waals surface area contributed by atoms with E-state index in [0.29, 0.717) is 10.6 Å². The Labute approximate surface area is 110 Å². The predicted molar refractivity (Wildman–Crippen MR) is 71.8 cm³/mol. The van der Waals surface area contributed by atoms with Crippen LogP contribution in [0.2, 0.25) is 0 Å². The number of hydrogen-bond acceptors (Lipinski definition) is 4. The van der Waals surface area contributed by atoms with E-state index in [9.17, 15) is 4.79 Å². The fraction of sp³-hybridized carbons (Fsp3) is 0.357. The molecule has 0 aromatic heterocycles. The van der Waals surface area contributed by atoms with Crippen LogP contribution in [0.5, 0.6) is 0 Å². The molecule has 4 heteroatoms. The van der Waals surface area contributed by atoms with E-state index in [0.717, 1.165) is 12.8 Å². The Morgan fingerprint density at radius 1 is 1.44 bits per heavy atom. The minimum absolute atomic E-state index is 0.277. The maximum absolute atomic E-state index is 11.7. The van der Waals surface area contributed by atoms with Gasteiger partial charge in [0.1, 0.15) is 4.91 Å². The van der Waals surface area contributed by atoms with Crippen LogP contribution in [0.25, 0.3) is 0 Å². The Morgan fingerprint density at radius 3 is 3.00 bits per heavy atom. The van der Waals surface area contributed by atoms with Crippen LogP contribution in [0.15, 0.2) is 34.9 Å². The number of allylic oxidation sites excluding steroid dienone is 1. The van der Waals surface area contributed by atoms with E-state index >= 15 is 0 Å². The highest BCUT2D eigenvalue weighted by Gasteiger charge is 2.41. The van der Waals surface area contributed by atoms with Gasteiger partial charge in [-0.15, -0.1) is 11.8 Å². The number of carbonyl (C=O) groups excluding carboxylic acids is 1. The van der Waals surface area contributed by atoms with Crippen molar-refractivity contribution in [3.63, 3.8) is 0 Å². The normalized spacial score (nSPS) is 25.6. The van der Waals surface area contributed by atoms with E-state index in [1.54, 1.807) is 11.8 Å². The average Bonchev–Trinajstić information content (AvgIpc) is 2.76. The molecule has 1 aliphatic heterocycles. The van der Waals surface area contributed by atoms with Crippen LogP contribution in [-0.2, 0) is 16.0 Å². The summed E-state index contributed by atoms with van der Waals surface area (Å²) in [4.78, 5) is 12.3. The van der Waals surface area contributed by atoms with Crippen molar-refractivity contribution < 1.29 is 9.53 Å². The van der Waals surface area contributed by atoms with Crippen molar-refractivity contribution in [1.82, 2.24) is 0 Å². The van der Waals surface area contributed by atoms with Crippen molar-refractivity contribution in [2.24, 2.45) is 11.7 Å². The number of rotatable bonds is 1. The minimum atomic E-state index is -0.301. The van der Waals surface area contributed by atoms with Gasteiger partial charge in [-0.25, -0.2) is 4.79 Å². The Hall–Kier alpha value is -1.42. The molecule has 0 saturated carbocycles.